The summed E-state index contributed by atoms with van der Waals surface area (Å²) in [5, 5.41) is 13.2. The second-order valence-corrected chi connectivity index (χ2v) is 4.90. The number of hydrogen-bond donors (Lipinski definition) is 2. The van der Waals surface area contributed by atoms with Crippen molar-refractivity contribution >= 4 is 0 Å². The minimum absolute atomic E-state index is 0.325. The summed E-state index contributed by atoms with van der Waals surface area (Å²) in [6, 6.07) is 4.44. The Morgan fingerprint density at radius 3 is 2.56 bits per heavy atom. The Balaban J connectivity index is 2.37. The molecule has 2 N–H and O–H groups in total. The fourth-order valence-electron chi connectivity index (χ4n) is 1.79. The molecule has 0 spiro atoms. The topological polar surface area (TPSA) is 48.4 Å². The van der Waals surface area contributed by atoms with Crippen molar-refractivity contribution in [1.29, 1.82) is 0 Å². The van der Waals surface area contributed by atoms with Gasteiger partial charge in [-0.1, -0.05) is 20.8 Å². The molecule has 1 rings (SSSR count). The highest BCUT2D eigenvalue weighted by molar-refractivity contribution is 5.09. The van der Waals surface area contributed by atoms with E-state index in [1.165, 1.54) is 5.56 Å². The van der Waals surface area contributed by atoms with Gasteiger partial charge in [0.15, 0.2) is 0 Å². The molecule has 4 nitrogen and oxygen atoms in total. The Hall–Kier alpha value is -0.970. The predicted molar refractivity (Wildman–Crippen MR) is 74.3 cm³/mol. The number of nitrogens with zero attached hydrogens (tertiary/aromatic N) is 2. The summed E-state index contributed by atoms with van der Waals surface area (Å²) in [7, 11) is 0. The first kappa shape index (κ1) is 15.1. The van der Waals surface area contributed by atoms with Crippen LogP contribution >= 0.6 is 0 Å². The van der Waals surface area contributed by atoms with Crippen LogP contribution in [0.15, 0.2) is 24.5 Å². The van der Waals surface area contributed by atoms with Crippen LogP contribution in [0.25, 0.3) is 0 Å². The van der Waals surface area contributed by atoms with Crippen LogP contribution < -0.4 is 5.32 Å². The van der Waals surface area contributed by atoms with Crippen molar-refractivity contribution in [2.75, 3.05) is 19.6 Å². The lowest BCUT2D eigenvalue weighted by atomic mass is 10.2. The van der Waals surface area contributed by atoms with Gasteiger partial charge in [-0.25, -0.2) is 0 Å². The number of aliphatic hydroxyl groups is 1. The SMILES string of the molecule is CCN(Cc1ccncc1)CC(O)CNC(C)C. The Morgan fingerprint density at radius 1 is 1.33 bits per heavy atom. The molecule has 0 saturated carbocycles. The highest BCUT2D eigenvalue weighted by Crippen LogP contribution is 2.03. The molecule has 1 aromatic heterocycles. The van der Waals surface area contributed by atoms with Gasteiger partial charge in [-0.05, 0) is 24.2 Å². The Kier molecular flexibility index (Phi) is 6.86. The fraction of sp³-hybridized carbons (Fsp3) is 0.643. The van der Waals surface area contributed by atoms with Crippen LogP contribution in [0.3, 0.4) is 0 Å². The standard InChI is InChI=1S/C14H25N3O/c1-4-17(10-13-5-7-15-8-6-13)11-14(18)9-16-12(2)3/h5-8,12,14,16,18H,4,9-11H2,1-3H3. The molecule has 1 unspecified atom stereocenters. The smallest absolute Gasteiger partial charge is 0.0791 e. The third kappa shape index (κ3) is 6.10. The van der Waals surface area contributed by atoms with Crippen molar-refractivity contribution in [2.24, 2.45) is 0 Å². The van der Waals surface area contributed by atoms with E-state index in [-0.39, 0.29) is 6.10 Å². The summed E-state index contributed by atoms with van der Waals surface area (Å²) < 4.78 is 0. The highest BCUT2D eigenvalue weighted by atomic mass is 16.3. The van der Waals surface area contributed by atoms with E-state index in [0.29, 0.717) is 19.1 Å². The zero-order valence-electron chi connectivity index (χ0n) is 11.6. The maximum Gasteiger partial charge on any atom is 0.0791 e. The average molecular weight is 251 g/mol. The number of aliphatic hydroxyl groups excluding tert-OH is 1. The van der Waals surface area contributed by atoms with E-state index < -0.39 is 0 Å². The third-order valence-corrected chi connectivity index (χ3v) is 2.83. The number of pyridine rings is 1. The van der Waals surface area contributed by atoms with Crippen molar-refractivity contribution in [3.63, 3.8) is 0 Å². The molecule has 4 heteroatoms. The Bertz CT molecular complexity index is 316. The van der Waals surface area contributed by atoms with Crippen molar-refractivity contribution in [3.8, 4) is 0 Å². The second-order valence-electron chi connectivity index (χ2n) is 4.90. The fourth-order valence-corrected chi connectivity index (χ4v) is 1.79. The van der Waals surface area contributed by atoms with Gasteiger partial charge in [0.05, 0.1) is 6.10 Å². The van der Waals surface area contributed by atoms with E-state index in [1.807, 2.05) is 12.1 Å². The molecule has 0 saturated heterocycles. The van der Waals surface area contributed by atoms with Gasteiger partial charge < -0.3 is 10.4 Å². The summed E-state index contributed by atoms with van der Waals surface area (Å²) in [6.07, 6.45) is 3.29. The Morgan fingerprint density at radius 2 is 2.00 bits per heavy atom. The van der Waals surface area contributed by atoms with Crippen molar-refractivity contribution in [1.82, 2.24) is 15.2 Å². The molecular weight excluding hydrogens is 226 g/mol. The maximum atomic E-state index is 9.96. The van der Waals surface area contributed by atoms with E-state index in [1.54, 1.807) is 12.4 Å². The molecule has 1 heterocycles. The van der Waals surface area contributed by atoms with E-state index in [4.69, 9.17) is 0 Å². The monoisotopic (exact) mass is 251 g/mol. The first-order valence-corrected chi connectivity index (χ1v) is 6.64. The molecular formula is C14H25N3O. The van der Waals surface area contributed by atoms with E-state index in [0.717, 1.165) is 13.1 Å². The second kappa shape index (κ2) is 8.19. The largest absolute Gasteiger partial charge is 0.390 e. The van der Waals surface area contributed by atoms with Gasteiger partial charge in [-0.2, -0.15) is 0 Å². The number of likely N-dealkylation sites (N-methyl/N-ethyl adjacent to an activating group) is 1. The average Bonchev–Trinajstić information content (AvgIpc) is 2.37. The predicted octanol–water partition coefficient (Wildman–Crippen LogP) is 1.26. The Labute approximate surface area is 110 Å². The minimum atomic E-state index is -0.325. The number of aromatic nitrogens is 1. The molecule has 0 aromatic carbocycles. The van der Waals surface area contributed by atoms with Gasteiger partial charge >= 0.3 is 0 Å². The van der Waals surface area contributed by atoms with Gasteiger partial charge in [-0.3, -0.25) is 9.88 Å². The van der Waals surface area contributed by atoms with Crippen LogP contribution in [0.1, 0.15) is 26.3 Å². The quantitative estimate of drug-likeness (QED) is 0.730. The lowest BCUT2D eigenvalue weighted by Crippen LogP contribution is -2.39. The van der Waals surface area contributed by atoms with Crippen molar-refractivity contribution < 1.29 is 5.11 Å². The van der Waals surface area contributed by atoms with E-state index in [2.05, 4.69) is 36.0 Å². The van der Waals surface area contributed by atoms with Gasteiger partial charge in [0.1, 0.15) is 0 Å². The molecule has 0 bridgehead atoms. The molecule has 1 atom stereocenters. The van der Waals surface area contributed by atoms with Crippen LogP contribution in [0.4, 0.5) is 0 Å². The van der Waals surface area contributed by atoms with Crippen LogP contribution in [0.2, 0.25) is 0 Å². The summed E-state index contributed by atoms with van der Waals surface area (Å²) in [5.74, 6) is 0. The van der Waals surface area contributed by atoms with Crippen LogP contribution in [0.5, 0.6) is 0 Å². The summed E-state index contributed by atoms with van der Waals surface area (Å²) in [5.41, 5.74) is 1.23. The van der Waals surface area contributed by atoms with Crippen LogP contribution in [-0.4, -0.2) is 46.8 Å². The summed E-state index contributed by atoms with van der Waals surface area (Å²) in [6.45, 7) is 9.41. The molecule has 0 fully saturated rings. The first-order chi connectivity index (χ1) is 8.61. The molecule has 18 heavy (non-hydrogen) atoms. The molecule has 1 aromatic rings. The van der Waals surface area contributed by atoms with Crippen LogP contribution in [-0.2, 0) is 6.54 Å². The van der Waals surface area contributed by atoms with E-state index >= 15 is 0 Å². The van der Waals surface area contributed by atoms with Crippen LogP contribution in [0, 0.1) is 0 Å². The lowest BCUT2D eigenvalue weighted by molar-refractivity contribution is 0.109. The zero-order chi connectivity index (χ0) is 13.4. The van der Waals surface area contributed by atoms with E-state index in [9.17, 15) is 5.11 Å². The first-order valence-electron chi connectivity index (χ1n) is 6.64. The molecule has 0 aliphatic heterocycles. The maximum absolute atomic E-state index is 9.96. The summed E-state index contributed by atoms with van der Waals surface area (Å²) >= 11 is 0. The molecule has 0 amide bonds. The van der Waals surface area contributed by atoms with Crippen molar-refractivity contribution in [3.05, 3.63) is 30.1 Å². The van der Waals surface area contributed by atoms with Gasteiger partial charge in [0, 0.05) is 38.1 Å². The number of rotatable bonds is 8. The lowest BCUT2D eigenvalue weighted by Gasteiger charge is -2.24. The van der Waals surface area contributed by atoms with Gasteiger partial charge in [0.2, 0.25) is 0 Å². The molecule has 0 aliphatic carbocycles. The summed E-state index contributed by atoms with van der Waals surface area (Å²) in [4.78, 5) is 6.25. The minimum Gasteiger partial charge on any atom is -0.390 e. The number of hydrogen-bond acceptors (Lipinski definition) is 4. The third-order valence-electron chi connectivity index (χ3n) is 2.83. The highest BCUT2D eigenvalue weighted by Gasteiger charge is 2.11. The molecule has 102 valence electrons. The van der Waals surface area contributed by atoms with Gasteiger partial charge in [-0.15, -0.1) is 0 Å². The molecule has 0 aliphatic rings. The number of nitrogens with one attached hydrogen (secondary N) is 1. The zero-order valence-corrected chi connectivity index (χ0v) is 11.6. The van der Waals surface area contributed by atoms with Crippen molar-refractivity contribution in [2.45, 2.75) is 39.5 Å². The molecule has 0 radical (unpaired) electrons. The van der Waals surface area contributed by atoms with Gasteiger partial charge in [0.25, 0.3) is 0 Å². The normalized spacial score (nSPS) is 13.2.